The Morgan fingerprint density at radius 1 is 1.27 bits per heavy atom. The maximum absolute atomic E-state index is 11.9. The molecule has 0 aromatic heterocycles. The molecule has 0 saturated carbocycles. The van der Waals surface area contributed by atoms with Crippen molar-refractivity contribution in [2.75, 3.05) is 46.8 Å². The third-order valence-corrected chi connectivity index (χ3v) is 5.09. The predicted molar refractivity (Wildman–Crippen MR) is 110 cm³/mol. The molecule has 4 nitrogen and oxygen atoms in total. The van der Waals surface area contributed by atoms with E-state index >= 15 is 0 Å². The van der Waals surface area contributed by atoms with E-state index in [4.69, 9.17) is 11.6 Å². The Balaban J connectivity index is 1.63. The van der Waals surface area contributed by atoms with Gasteiger partial charge in [-0.2, -0.15) is 0 Å². The quantitative estimate of drug-likeness (QED) is 0.716. The molecule has 0 spiro atoms. The Bertz CT molecular complexity index is 566. The smallest absolute Gasteiger partial charge is 0.220 e. The van der Waals surface area contributed by atoms with Crippen molar-refractivity contribution in [2.45, 2.75) is 25.7 Å². The van der Waals surface area contributed by atoms with Crippen LogP contribution in [0.5, 0.6) is 0 Å². The summed E-state index contributed by atoms with van der Waals surface area (Å²) in [6.45, 7) is 4.56. The van der Waals surface area contributed by atoms with Gasteiger partial charge in [0.05, 0.1) is 0 Å². The van der Waals surface area contributed by atoms with Crippen molar-refractivity contribution in [3.63, 3.8) is 0 Å². The Labute approximate surface area is 163 Å². The van der Waals surface area contributed by atoms with Crippen molar-refractivity contribution < 1.29 is 4.79 Å². The second-order valence-electron chi connectivity index (χ2n) is 7.41. The molecule has 1 N–H and O–H groups in total. The second-order valence-corrected chi connectivity index (χ2v) is 7.90. The molecule has 1 heterocycles. The molecule has 1 aromatic carbocycles. The Hall–Kier alpha value is -1.36. The Morgan fingerprint density at radius 3 is 2.62 bits per heavy atom. The van der Waals surface area contributed by atoms with E-state index in [2.05, 4.69) is 27.2 Å². The van der Waals surface area contributed by atoms with Gasteiger partial charge >= 0.3 is 0 Å². The van der Waals surface area contributed by atoms with Crippen molar-refractivity contribution in [2.24, 2.45) is 5.92 Å². The molecular weight excluding hydrogens is 346 g/mol. The minimum absolute atomic E-state index is 0.183. The highest BCUT2D eigenvalue weighted by atomic mass is 35.5. The van der Waals surface area contributed by atoms with E-state index in [-0.39, 0.29) is 5.91 Å². The highest BCUT2D eigenvalue weighted by molar-refractivity contribution is 6.31. The summed E-state index contributed by atoms with van der Waals surface area (Å²) in [5, 5.41) is 3.88. The Morgan fingerprint density at radius 2 is 1.96 bits per heavy atom. The summed E-state index contributed by atoms with van der Waals surface area (Å²) in [7, 11) is 4.03. The number of carbonyl (C=O) groups is 1. The number of amides is 1. The number of benzene rings is 1. The number of halogens is 1. The highest BCUT2D eigenvalue weighted by Gasteiger charge is 2.20. The number of piperidine rings is 1. The van der Waals surface area contributed by atoms with Crippen LogP contribution in [0, 0.1) is 5.92 Å². The molecule has 0 unspecified atom stereocenters. The lowest BCUT2D eigenvalue weighted by molar-refractivity contribution is -0.121. The van der Waals surface area contributed by atoms with E-state index in [9.17, 15) is 4.79 Å². The molecule has 1 aliphatic heterocycles. The normalized spacial score (nSPS) is 16.8. The van der Waals surface area contributed by atoms with E-state index < -0.39 is 0 Å². The van der Waals surface area contributed by atoms with E-state index in [1.165, 1.54) is 0 Å². The summed E-state index contributed by atoms with van der Waals surface area (Å²) in [6, 6.07) is 10.2. The van der Waals surface area contributed by atoms with Crippen molar-refractivity contribution in [3.8, 4) is 0 Å². The average Bonchev–Trinajstić information content (AvgIpc) is 2.61. The van der Waals surface area contributed by atoms with Crippen molar-refractivity contribution in [1.82, 2.24) is 15.1 Å². The third kappa shape index (κ3) is 8.35. The first-order valence-electron chi connectivity index (χ1n) is 9.58. The van der Waals surface area contributed by atoms with Crippen LogP contribution in [0.15, 0.2) is 35.4 Å². The van der Waals surface area contributed by atoms with Gasteiger partial charge in [-0.15, -0.1) is 0 Å². The molecule has 1 saturated heterocycles. The maximum Gasteiger partial charge on any atom is 0.220 e. The number of carbonyl (C=O) groups excluding carboxylic acids is 1. The molecule has 2 rings (SSSR count). The van der Waals surface area contributed by atoms with Gasteiger partial charge in [0, 0.05) is 31.1 Å². The van der Waals surface area contributed by atoms with Crippen LogP contribution in [-0.4, -0.2) is 62.5 Å². The average molecular weight is 378 g/mol. The van der Waals surface area contributed by atoms with Crippen LogP contribution in [0.1, 0.15) is 31.2 Å². The summed E-state index contributed by atoms with van der Waals surface area (Å²) < 4.78 is 0. The fraction of sp³-hybridized carbons (Fsp3) is 0.571. The fourth-order valence-corrected chi connectivity index (χ4v) is 3.56. The van der Waals surface area contributed by atoms with E-state index in [1.54, 1.807) is 0 Å². The molecule has 0 bridgehead atoms. The maximum atomic E-state index is 11.9. The molecule has 1 amide bonds. The van der Waals surface area contributed by atoms with Crippen molar-refractivity contribution in [3.05, 3.63) is 40.9 Å². The number of hydrogen-bond donors (Lipinski definition) is 1. The molecule has 26 heavy (non-hydrogen) atoms. The SMILES string of the molecule is CN(C)CCNC(=O)CCC1CCN(C/C(Cl)=C/c2ccccc2)CC1. The molecule has 5 heteroatoms. The number of rotatable bonds is 9. The van der Waals surface area contributed by atoms with Gasteiger partial charge in [-0.05, 0) is 64.0 Å². The van der Waals surface area contributed by atoms with Crippen molar-refractivity contribution >= 4 is 23.6 Å². The molecule has 1 aromatic rings. The highest BCUT2D eigenvalue weighted by Crippen LogP contribution is 2.23. The van der Waals surface area contributed by atoms with Crippen LogP contribution < -0.4 is 5.32 Å². The van der Waals surface area contributed by atoms with Gasteiger partial charge in [-0.3, -0.25) is 9.69 Å². The van der Waals surface area contributed by atoms with Gasteiger partial charge in [0.15, 0.2) is 0 Å². The molecule has 1 aliphatic rings. The topological polar surface area (TPSA) is 35.6 Å². The van der Waals surface area contributed by atoms with E-state index in [0.29, 0.717) is 12.3 Å². The zero-order chi connectivity index (χ0) is 18.8. The first-order chi connectivity index (χ1) is 12.5. The zero-order valence-electron chi connectivity index (χ0n) is 16.1. The minimum Gasteiger partial charge on any atom is -0.355 e. The monoisotopic (exact) mass is 377 g/mol. The fourth-order valence-electron chi connectivity index (χ4n) is 3.27. The zero-order valence-corrected chi connectivity index (χ0v) is 16.8. The summed E-state index contributed by atoms with van der Waals surface area (Å²) >= 11 is 6.42. The third-order valence-electron chi connectivity index (χ3n) is 4.87. The summed E-state index contributed by atoms with van der Waals surface area (Å²) in [5.74, 6) is 0.839. The minimum atomic E-state index is 0.183. The van der Waals surface area contributed by atoms with Crippen LogP contribution in [0.3, 0.4) is 0 Å². The lowest BCUT2D eigenvalue weighted by atomic mass is 9.92. The number of hydrogen-bond acceptors (Lipinski definition) is 3. The first-order valence-corrected chi connectivity index (χ1v) is 9.95. The van der Waals surface area contributed by atoms with E-state index in [1.807, 2.05) is 38.4 Å². The molecule has 0 radical (unpaired) electrons. The van der Waals surface area contributed by atoms with Crippen molar-refractivity contribution in [1.29, 1.82) is 0 Å². The lowest BCUT2D eigenvalue weighted by Gasteiger charge is -2.31. The molecule has 144 valence electrons. The van der Waals surface area contributed by atoms with Gasteiger partial charge < -0.3 is 10.2 Å². The van der Waals surface area contributed by atoms with Crippen LogP contribution in [0.25, 0.3) is 6.08 Å². The predicted octanol–water partition coefficient (Wildman–Crippen LogP) is 3.44. The second kappa shape index (κ2) is 11.4. The van der Waals surface area contributed by atoms with Gasteiger partial charge in [-0.25, -0.2) is 0 Å². The molecule has 0 aliphatic carbocycles. The number of likely N-dealkylation sites (N-methyl/N-ethyl adjacent to an activating group) is 1. The van der Waals surface area contributed by atoms with E-state index in [0.717, 1.165) is 62.6 Å². The standard InChI is InChI=1S/C21H32ClN3O/c1-24(2)15-12-23-21(26)9-8-18-10-13-25(14-11-18)17-20(22)16-19-6-4-3-5-7-19/h3-7,16,18H,8-15,17H2,1-2H3,(H,23,26)/b20-16-. The summed E-state index contributed by atoms with van der Waals surface area (Å²) in [5.41, 5.74) is 1.15. The number of likely N-dealkylation sites (tertiary alicyclic amines) is 1. The van der Waals surface area contributed by atoms with Gasteiger partial charge in [0.25, 0.3) is 0 Å². The summed E-state index contributed by atoms with van der Waals surface area (Å²) in [6.07, 6.45) is 5.99. The molecule has 0 atom stereocenters. The molecule has 1 fully saturated rings. The van der Waals surface area contributed by atoms with Crippen LogP contribution in [-0.2, 0) is 4.79 Å². The lowest BCUT2D eigenvalue weighted by Crippen LogP contribution is -2.35. The van der Waals surface area contributed by atoms with Crippen LogP contribution in [0.2, 0.25) is 0 Å². The number of nitrogens with zero attached hydrogens (tertiary/aromatic N) is 2. The molecular formula is C21H32ClN3O. The first kappa shape index (κ1) is 20.9. The Kier molecular flexibility index (Phi) is 9.16. The van der Waals surface area contributed by atoms with Gasteiger partial charge in [-0.1, -0.05) is 41.9 Å². The largest absolute Gasteiger partial charge is 0.355 e. The van der Waals surface area contributed by atoms with Gasteiger partial charge in [0.1, 0.15) is 0 Å². The van der Waals surface area contributed by atoms with Crippen LogP contribution >= 0.6 is 11.6 Å². The summed E-state index contributed by atoms with van der Waals surface area (Å²) in [4.78, 5) is 16.4. The van der Waals surface area contributed by atoms with Crippen LogP contribution in [0.4, 0.5) is 0 Å². The number of nitrogens with one attached hydrogen (secondary N) is 1. The van der Waals surface area contributed by atoms with Gasteiger partial charge in [0.2, 0.25) is 5.91 Å².